The molecule has 0 radical (unpaired) electrons. The molecular formula is C14H26N2O. The Kier molecular flexibility index (Phi) is 3.69. The minimum Gasteiger partial charge on any atom is -0.371 e. The fourth-order valence-electron chi connectivity index (χ4n) is 3.84. The summed E-state index contributed by atoms with van der Waals surface area (Å²) in [4.78, 5) is 2.67. The van der Waals surface area contributed by atoms with Crippen molar-refractivity contribution in [2.45, 2.75) is 44.1 Å². The second-order valence-electron chi connectivity index (χ2n) is 6.20. The molecule has 2 heterocycles. The Hall–Kier alpha value is -0.120. The molecule has 0 unspecified atom stereocenters. The van der Waals surface area contributed by atoms with Crippen molar-refractivity contribution in [3.63, 3.8) is 0 Å². The van der Waals surface area contributed by atoms with Crippen LogP contribution in [0.15, 0.2) is 0 Å². The van der Waals surface area contributed by atoms with Crippen LogP contribution in [0.5, 0.6) is 0 Å². The van der Waals surface area contributed by atoms with Crippen LogP contribution in [0, 0.1) is 5.92 Å². The van der Waals surface area contributed by atoms with Crippen LogP contribution < -0.4 is 5.32 Å². The van der Waals surface area contributed by atoms with Gasteiger partial charge in [-0.3, -0.25) is 4.90 Å². The molecule has 2 saturated heterocycles. The van der Waals surface area contributed by atoms with Crippen LogP contribution >= 0.6 is 0 Å². The second kappa shape index (κ2) is 5.25. The molecule has 1 spiro atoms. The van der Waals surface area contributed by atoms with Crippen molar-refractivity contribution >= 4 is 0 Å². The van der Waals surface area contributed by atoms with Gasteiger partial charge in [-0.05, 0) is 38.1 Å². The number of ether oxygens (including phenoxy) is 1. The molecule has 0 aromatic carbocycles. The Balaban J connectivity index is 1.55. The fourth-order valence-corrected chi connectivity index (χ4v) is 3.84. The van der Waals surface area contributed by atoms with Crippen molar-refractivity contribution in [2.75, 3.05) is 39.3 Å². The van der Waals surface area contributed by atoms with Gasteiger partial charge in [-0.2, -0.15) is 0 Å². The highest BCUT2D eigenvalue weighted by Gasteiger charge is 2.38. The third-order valence-electron chi connectivity index (χ3n) is 4.75. The molecule has 3 heteroatoms. The zero-order valence-electron chi connectivity index (χ0n) is 10.9. The number of rotatable bonds is 2. The molecule has 0 amide bonds. The first-order valence-corrected chi connectivity index (χ1v) is 7.43. The lowest BCUT2D eigenvalue weighted by Crippen LogP contribution is -2.59. The van der Waals surface area contributed by atoms with Gasteiger partial charge in [0.1, 0.15) is 0 Å². The smallest absolute Gasteiger partial charge is 0.0933 e. The molecule has 17 heavy (non-hydrogen) atoms. The largest absolute Gasteiger partial charge is 0.371 e. The van der Waals surface area contributed by atoms with Gasteiger partial charge in [-0.15, -0.1) is 0 Å². The summed E-state index contributed by atoms with van der Waals surface area (Å²) in [6, 6.07) is 0. The lowest BCUT2D eigenvalue weighted by atomic mass is 9.91. The fraction of sp³-hybridized carbons (Fsp3) is 1.00. The number of morpholine rings is 1. The van der Waals surface area contributed by atoms with E-state index in [0.29, 0.717) is 0 Å². The molecule has 1 saturated carbocycles. The summed E-state index contributed by atoms with van der Waals surface area (Å²) in [7, 11) is 0. The van der Waals surface area contributed by atoms with E-state index in [2.05, 4.69) is 10.2 Å². The minimum atomic E-state index is 0.148. The summed E-state index contributed by atoms with van der Waals surface area (Å²) in [5, 5.41) is 3.51. The summed E-state index contributed by atoms with van der Waals surface area (Å²) in [5.41, 5.74) is 0.148. The second-order valence-corrected chi connectivity index (χ2v) is 6.20. The molecule has 0 aromatic rings. The van der Waals surface area contributed by atoms with Gasteiger partial charge in [0.2, 0.25) is 0 Å². The topological polar surface area (TPSA) is 24.5 Å². The monoisotopic (exact) mass is 238 g/mol. The van der Waals surface area contributed by atoms with Crippen LogP contribution in [0.1, 0.15) is 38.5 Å². The molecule has 3 rings (SSSR count). The normalized spacial score (nSPS) is 36.7. The molecule has 0 aromatic heterocycles. The first-order chi connectivity index (χ1) is 8.36. The predicted octanol–water partition coefficient (Wildman–Crippen LogP) is 1.63. The first-order valence-electron chi connectivity index (χ1n) is 7.43. The Labute approximate surface area is 105 Å². The van der Waals surface area contributed by atoms with Crippen LogP contribution in [0.4, 0.5) is 0 Å². The zero-order chi connectivity index (χ0) is 11.6. The quantitative estimate of drug-likeness (QED) is 0.791. The maximum Gasteiger partial charge on any atom is 0.0933 e. The van der Waals surface area contributed by atoms with Crippen molar-refractivity contribution < 1.29 is 4.74 Å². The maximum absolute atomic E-state index is 6.10. The summed E-state index contributed by atoms with van der Waals surface area (Å²) in [6.07, 6.45) is 8.37. The molecule has 1 N–H and O–H groups in total. The highest BCUT2D eigenvalue weighted by Crippen LogP contribution is 2.29. The Morgan fingerprint density at radius 3 is 2.88 bits per heavy atom. The Bertz CT molecular complexity index is 239. The SMILES string of the molecule is C1CCC(CN2CCO[C@]3(CCCNC3)C2)C1. The van der Waals surface area contributed by atoms with E-state index in [4.69, 9.17) is 4.74 Å². The van der Waals surface area contributed by atoms with Crippen LogP contribution in [0.3, 0.4) is 0 Å². The van der Waals surface area contributed by atoms with Crippen LogP contribution in [0.2, 0.25) is 0 Å². The third kappa shape index (κ3) is 2.83. The van der Waals surface area contributed by atoms with Crippen LogP contribution in [-0.2, 0) is 4.74 Å². The van der Waals surface area contributed by atoms with Crippen molar-refractivity contribution in [3.05, 3.63) is 0 Å². The van der Waals surface area contributed by atoms with E-state index in [-0.39, 0.29) is 5.60 Å². The highest BCUT2D eigenvalue weighted by molar-refractivity contribution is 4.93. The van der Waals surface area contributed by atoms with E-state index < -0.39 is 0 Å². The van der Waals surface area contributed by atoms with E-state index in [1.54, 1.807) is 0 Å². The third-order valence-corrected chi connectivity index (χ3v) is 4.75. The number of piperidine rings is 1. The maximum atomic E-state index is 6.10. The van der Waals surface area contributed by atoms with Gasteiger partial charge in [0.25, 0.3) is 0 Å². The van der Waals surface area contributed by atoms with Crippen LogP contribution in [-0.4, -0.2) is 49.8 Å². The summed E-state index contributed by atoms with van der Waals surface area (Å²) < 4.78 is 6.10. The summed E-state index contributed by atoms with van der Waals surface area (Å²) in [6.45, 7) is 6.82. The molecule has 3 nitrogen and oxygen atoms in total. The highest BCUT2D eigenvalue weighted by atomic mass is 16.5. The lowest BCUT2D eigenvalue weighted by Gasteiger charge is -2.45. The van der Waals surface area contributed by atoms with Gasteiger partial charge in [-0.1, -0.05) is 12.8 Å². The first kappa shape index (κ1) is 11.9. The van der Waals surface area contributed by atoms with Gasteiger partial charge in [0.15, 0.2) is 0 Å². The van der Waals surface area contributed by atoms with Gasteiger partial charge in [0, 0.05) is 26.2 Å². The molecule has 3 fully saturated rings. The van der Waals surface area contributed by atoms with Gasteiger partial charge < -0.3 is 10.1 Å². The lowest BCUT2D eigenvalue weighted by molar-refractivity contribution is -0.121. The molecule has 2 aliphatic heterocycles. The molecule has 98 valence electrons. The van der Waals surface area contributed by atoms with E-state index in [1.807, 2.05) is 0 Å². The number of hydrogen-bond acceptors (Lipinski definition) is 3. The van der Waals surface area contributed by atoms with E-state index >= 15 is 0 Å². The predicted molar refractivity (Wildman–Crippen MR) is 69.2 cm³/mol. The van der Waals surface area contributed by atoms with Crippen molar-refractivity contribution in [3.8, 4) is 0 Å². The number of nitrogens with zero attached hydrogens (tertiary/aromatic N) is 1. The van der Waals surface area contributed by atoms with E-state index in [0.717, 1.165) is 32.2 Å². The van der Waals surface area contributed by atoms with Gasteiger partial charge >= 0.3 is 0 Å². The van der Waals surface area contributed by atoms with Crippen molar-refractivity contribution in [1.82, 2.24) is 10.2 Å². The Morgan fingerprint density at radius 1 is 1.24 bits per heavy atom. The minimum absolute atomic E-state index is 0.148. The van der Waals surface area contributed by atoms with Gasteiger partial charge in [0.05, 0.1) is 12.2 Å². The standard InChI is InChI=1S/C14H26N2O/c1-2-5-13(4-1)10-16-8-9-17-14(12-16)6-3-7-15-11-14/h13,15H,1-12H2/t14-/m0/s1. The average Bonchev–Trinajstić information content (AvgIpc) is 2.83. The molecule has 1 aliphatic carbocycles. The van der Waals surface area contributed by atoms with Gasteiger partial charge in [-0.25, -0.2) is 0 Å². The molecule has 0 bridgehead atoms. The number of nitrogens with one attached hydrogen (secondary N) is 1. The van der Waals surface area contributed by atoms with E-state index in [1.165, 1.54) is 51.6 Å². The molecule has 1 atom stereocenters. The zero-order valence-corrected chi connectivity index (χ0v) is 10.9. The summed E-state index contributed by atoms with van der Waals surface area (Å²) in [5.74, 6) is 0.974. The van der Waals surface area contributed by atoms with Crippen LogP contribution in [0.25, 0.3) is 0 Å². The van der Waals surface area contributed by atoms with E-state index in [9.17, 15) is 0 Å². The number of hydrogen-bond donors (Lipinski definition) is 1. The van der Waals surface area contributed by atoms with Crippen molar-refractivity contribution in [2.24, 2.45) is 5.92 Å². The summed E-state index contributed by atoms with van der Waals surface area (Å²) >= 11 is 0. The molecule has 3 aliphatic rings. The Morgan fingerprint density at radius 2 is 2.12 bits per heavy atom. The average molecular weight is 238 g/mol. The molecular weight excluding hydrogens is 212 g/mol. The van der Waals surface area contributed by atoms with Crippen molar-refractivity contribution in [1.29, 1.82) is 0 Å².